The molecule has 1 aliphatic heterocycles. The molecule has 0 aromatic carbocycles. The number of aryl methyl sites for hydroxylation is 1. The van der Waals surface area contributed by atoms with Crippen LogP contribution < -0.4 is 10.6 Å². The Bertz CT molecular complexity index is 298. The van der Waals surface area contributed by atoms with Gasteiger partial charge >= 0.3 is 0 Å². The summed E-state index contributed by atoms with van der Waals surface area (Å²) in [4.78, 5) is 6.58. The Morgan fingerprint density at radius 2 is 2.46 bits per heavy atom. The molecule has 0 saturated carbocycles. The number of anilines is 1. The molecule has 2 N–H and O–H groups in total. The maximum atomic E-state index is 5.85. The average Bonchev–Trinajstić information content (AvgIpc) is 2.53. The van der Waals surface area contributed by atoms with E-state index in [0.29, 0.717) is 6.04 Å². The molecule has 1 aliphatic rings. The molecule has 1 aromatic heterocycles. The van der Waals surface area contributed by atoms with E-state index in [2.05, 4.69) is 16.0 Å². The minimum absolute atomic E-state index is 0.333. The smallest absolute Gasteiger partial charge is 0.0605 e. The monoisotopic (exact) mass is 177 g/mol. The van der Waals surface area contributed by atoms with Gasteiger partial charge in [-0.05, 0) is 25.5 Å². The molecule has 3 nitrogen and oxygen atoms in total. The summed E-state index contributed by atoms with van der Waals surface area (Å²) in [6, 6.07) is 4.42. The predicted octanol–water partition coefficient (Wildman–Crippen LogP) is 0.927. The van der Waals surface area contributed by atoms with Crippen molar-refractivity contribution in [3.8, 4) is 0 Å². The van der Waals surface area contributed by atoms with Gasteiger partial charge in [0.2, 0.25) is 0 Å². The minimum atomic E-state index is 0.333. The van der Waals surface area contributed by atoms with Crippen LogP contribution in [0.2, 0.25) is 0 Å². The molecule has 0 bridgehead atoms. The van der Waals surface area contributed by atoms with Crippen molar-refractivity contribution >= 4 is 5.69 Å². The molecule has 1 unspecified atom stereocenters. The number of nitrogens with zero attached hydrogens (tertiary/aromatic N) is 2. The molecule has 1 saturated heterocycles. The van der Waals surface area contributed by atoms with E-state index in [1.54, 1.807) is 0 Å². The fourth-order valence-electron chi connectivity index (χ4n) is 1.82. The van der Waals surface area contributed by atoms with Gasteiger partial charge < -0.3 is 10.6 Å². The van der Waals surface area contributed by atoms with Crippen molar-refractivity contribution in [3.63, 3.8) is 0 Å². The summed E-state index contributed by atoms with van der Waals surface area (Å²) in [5.41, 5.74) is 8.18. The maximum absolute atomic E-state index is 5.85. The molecule has 0 amide bonds. The second-order valence-corrected chi connectivity index (χ2v) is 3.60. The van der Waals surface area contributed by atoms with E-state index < -0.39 is 0 Å². The molecular formula is C10H15N3. The Kier molecular flexibility index (Phi) is 2.19. The van der Waals surface area contributed by atoms with Crippen LogP contribution in [0.5, 0.6) is 0 Å². The Labute approximate surface area is 78.6 Å². The average molecular weight is 177 g/mol. The van der Waals surface area contributed by atoms with Gasteiger partial charge in [0.1, 0.15) is 0 Å². The van der Waals surface area contributed by atoms with Gasteiger partial charge in [-0.15, -0.1) is 0 Å². The first-order valence-electron chi connectivity index (χ1n) is 4.69. The summed E-state index contributed by atoms with van der Waals surface area (Å²) < 4.78 is 0. The second kappa shape index (κ2) is 3.34. The van der Waals surface area contributed by atoms with Crippen molar-refractivity contribution in [2.75, 3.05) is 18.0 Å². The molecule has 1 aromatic rings. The first-order valence-corrected chi connectivity index (χ1v) is 4.69. The van der Waals surface area contributed by atoms with E-state index in [0.717, 1.165) is 25.2 Å². The number of nitrogens with two attached hydrogens (primary N) is 1. The van der Waals surface area contributed by atoms with Crippen LogP contribution in [0.4, 0.5) is 5.69 Å². The summed E-state index contributed by atoms with van der Waals surface area (Å²) in [6.07, 6.45) is 2.92. The molecule has 70 valence electrons. The summed E-state index contributed by atoms with van der Waals surface area (Å²) in [5, 5.41) is 0. The SMILES string of the molecule is Cc1ncccc1N1CCC(N)C1. The second-order valence-electron chi connectivity index (χ2n) is 3.60. The summed E-state index contributed by atoms with van der Waals surface area (Å²) in [6.45, 7) is 4.07. The van der Waals surface area contributed by atoms with Crippen LogP contribution in [0.15, 0.2) is 18.3 Å². The van der Waals surface area contributed by atoms with Gasteiger partial charge in [0.05, 0.1) is 11.4 Å². The van der Waals surface area contributed by atoms with Crippen molar-refractivity contribution < 1.29 is 0 Å². The lowest BCUT2D eigenvalue weighted by atomic mass is 10.3. The zero-order valence-electron chi connectivity index (χ0n) is 7.90. The first kappa shape index (κ1) is 8.51. The quantitative estimate of drug-likeness (QED) is 0.693. The lowest BCUT2D eigenvalue weighted by Gasteiger charge is -2.19. The van der Waals surface area contributed by atoms with Gasteiger partial charge in [0.25, 0.3) is 0 Å². The van der Waals surface area contributed by atoms with Gasteiger partial charge in [-0.3, -0.25) is 4.98 Å². The molecule has 0 aliphatic carbocycles. The van der Waals surface area contributed by atoms with Crippen LogP contribution in [0.3, 0.4) is 0 Å². The highest BCUT2D eigenvalue weighted by molar-refractivity contribution is 5.50. The van der Waals surface area contributed by atoms with Crippen molar-refractivity contribution in [3.05, 3.63) is 24.0 Å². The van der Waals surface area contributed by atoms with Gasteiger partial charge in [0.15, 0.2) is 0 Å². The Balaban J connectivity index is 2.21. The Hall–Kier alpha value is -1.09. The molecule has 2 rings (SSSR count). The summed E-state index contributed by atoms with van der Waals surface area (Å²) in [7, 11) is 0. The topological polar surface area (TPSA) is 42.2 Å². The molecule has 0 radical (unpaired) electrons. The van der Waals surface area contributed by atoms with Crippen molar-refractivity contribution in [2.24, 2.45) is 5.73 Å². The van der Waals surface area contributed by atoms with E-state index in [4.69, 9.17) is 5.73 Å². The van der Waals surface area contributed by atoms with Gasteiger partial charge in [-0.25, -0.2) is 0 Å². The zero-order chi connectivity index (χ0) is 9.26. The first-order chi connectivity index (χ1) is 6.27. The highest BCUT2D eigenvalue weighted by Crippen LogP contribution is 2.21. The van der Waals surface area contributed by atoms with Crippen molar-refractivity contribution in [2.45, 2.75) is 19.4 Å². The minimum Gasteiger partial charge on any atom is -0.368 e. The van der Waals surface area contributed by atoms with Gasteiger partial charge in [-0.2, -0.15) is 0 Å². The van der Waals surface area contributed by atoms with E-state index >= 15 is 0 Å². The van der Waals surface area contributed by atoms with Gasteiger partial charge in [-0.1, -0.05) is 0 Å². The van der Waals surface area contributed by atoms with E-state index in [1.165, 1.54) is 5.69 Å². The molecular weight excluding hydrogens is 162 g/mol. The van der Waals surface area contributed by atoms with E-state index in [-0.39, 0.29) is 0 Å². The molecule has 2 heterocycles. The lowest BCUT2D eigenvalue weighted by molar-refractivity contribution is 0.752. The van der Waals surface area contributed by atoms with Crippen LogP contribution in [0.25, 0.3) is 0 Å². The van der Waals surface area contributed by atoms with Gasteiger partial charge in [0, 0.05) is 25.3 Å². The Morgan fingerprint density at radius 1 is 1.62 bits per heavy atom. The predicted molar refractivity (Wildman–Crippen MR) is 53.8 cm³/mol. The highest BCUT2D eigenvalue weighted by atomic mass is 15.2. The standard InChI is InChI=1S/C10H15N3/c1-8-10(3-2-5-12-8)13-6-4-9(11)7-13/h2-3,5,9H,4,6-7,11H2,1H3. The largest absolute Gasteiger partial charge is 0.368 e. The third-order valence-corrected chi connectivity index (χ3v) is 2.54. The van der Waals surface area contributed by atoms with E-state index in [1.807, 2.05) is 19.2 Å². The van der Waals surface area contributed by atoms with Crippen molar-refractivity contribution in [1.29, 1.82) is 0 Å². The summed E-state index contributed by atoms with van der Waals surface area (Å²) >= 11 is 0. The molecule has 1 fully saturated rings. The van der Waals surface area contributed by atoms with Crippen molar-refractivity contribution in [1.82, 2.24) is 4.98 Å². The van der Waals surface area contributed by atoms with Crippen LogP contribution in [0, 0.1) is 6.92 Å². The highest BCUT2D eigenvalue weighted by Gasteiger charge is 2.20. The van der Waals surface area contributed by atoms with Crippen LogP contribution in [0.1, 0.15) is 12.1 Å². The molecule has 13 heavy (non-hydrogen) atoms. The van der Waals surface area contributed by atoms with E-state index in [9.17, 15) is 0 Å². The molecule has 3 heteroatoms. The number of aromatic nitrogens is 1. The number of pyridine rings is 1. The number of rotatable bonds is 1. The molecule has 0 spiro atoms. The number of hydrogen-bond acceptors (Lipinski definition) is 3. The zero-order valence-corrected chi connectivity index (χ0v) is 7.90. The normalized spacial score (nSPS) is 22.3. The Morgan fingerprint density at radius 3 is 3.08 bits per heavy atom. The van der Waals surface area contributed by atoms with Crippen LogP contribution >= 0.6 is 0 Å². The maximum Gasteiger partial charge on any atom is 0.0605 e. The van der Waals surface area contributed by atoms with Crippen LogP contribution in [-0.4, -0.2) is 24.1 Å². The fourth-order valence-corrected chi connectivity index (χ4v) is 1.82. The number of hydrogen-bond donors (Lipinski definition) is 1. The third kappa shape index (κ3) is 1.65. The summed E-state index contributed by atoms with van der Waals surface area (Å²) in [5.74, 6) is 0. The third-order valence-electron chi connectivity index (χ3n) is 2.54. The van der Waals surface area contributed by atoms with Crippen LogP contribution in [-0.2, 0) is 0 Å². The fraction of sp³-hybridized carbons (Fsp3) is 0.500. The lowest BCUT2D eigenvalue weighted by Crippen LogP contribution is -2.26. The molecule has 1 atom stereocenters.